The lowest BCUT2D eigenvalue weighted by Crippen LogP contribution is -2.31. The van der Waals surface area contributed by atoms with Crippen LogP contribution in [0.3, 0.4) is 0 Å². The van der Waals surface area contributed by atoms with Crippen molar-refractivity contribution < 1.29 is 5.11 Å². The van der Waals surface area contributed by atoms with E-state index in [1.165, 1.54) is 25.7 Å². The van der Waals surface area contributed by atoms with Crippen molar-refractivity contribution in [3.8, 4) is 0 Å². The molecule has 0 aromatic rings. The Morgan fingerprint density at radius 3 is 2.43 bits per heavy atom. The Labute approximate surface area is 88.1 Å². The molecular weight excluding hydrogens is 174 g/mol. The van der Waals surface area contributed by atoms with E-state index in [2.05, 4.69) is 19.2 Å². The summed E-state index contributed by atoms with van der Waals surface area (Å²) in [5, 5.41) is 12.6. The molecule has 2 heteroatoms. The van der Waals surface area contributed by atoms with Crippen molar-refractivity contribution in [3.05, 3.63) is 0 Å². The highest BCUT2D eigenvalue weighted by Gasteiger charge is 2.16. The molecule has 0 aliphatic heterocycles. The fraction of sp³-hybridized carbons (Fsp3) is 1.00. The normalized spacial score (nSPS) is 20.6. The van der Waals surface area contributed by atoms with Crippen LogP contribution in [-0.4, -0.2) is 24.8 Å². The number of hydrogen-bond donors (Lipinski definition) is 2. The smallest absolute Gasteiger partial charge is 0.0473 e. The van der Waals surface area contributed by atoms with E-state index in [0.29, 0.717) is 18.4 Å². The number of rotatable bonds is 6. The molecule has 0 radical (unpaired) electrons. The molecule has 1 fully saturated rings. The number of hydrogen-bond acceptors (Lipinski definition) is 2. The maximum absolute atomic E-state index is 9.15. The van der Waals surface area contributed by atoms with E-state index in [4.69, 9.17) is 5.11 Å². The van der Waals surface area contributed by atoms with E-state index in [1.54, 1.807) is 0 Å². The first-order valence-electron chi connectivity index (χ1n) is 6.05. The first-order chi connectivity index (χ1) is 6.74. The lowest BCUT2D eigenvalue weighted by atomic mass is 9.96. The van der Waals surface area contributed by atoms with Crippen LogP contribution >= 0.6 is 0 Å². The van der Waals surface area contributed by atoms with Gasteiger partial charge in [0.25, 0.3) is 0 Å². The molecule has 1 rings (SSSR count). The Morgan fingerprint density at radius 2 is 1.93 bits per heavy atom. The zero-order chi connectivity index (χ0) is 10.4. The maximum atomic E-state index is 9.15. The first kappa shape index (κ1) is 12.0. The zero-order valence-electron chi connectivity index (χ0n) is 9.63. The average Bonchev–Trinajstić information content (AvgIpc) is 2.64. The minimum atomic E-state index is 0.315. The van der Waals surface area contributed by atoms with Crippen molar-refractivity contribution in [2.45, 2.75) is 39.5 Å². The standard InChI is InChI=1S/C12H25NO/c1-10(2)12(9-14)8-13-7-11-5-3-4-6-11/h10-14H,3-9H2,1-2H3. The summed E-state index contributed by atoms with van der Waals surface area (Å²) < 4.78 is 0. The van der Waals surface area contributed by atoms with Gasteiger partial charge >= 0.3 is 0 Å². The van der Waals surface area contributed by atoms with Gasteiger partial charge in [0.1, 0.15) is 0 Å². The van der Waals surface area contributed by atoms with Crippen LogP contribution < -0.4 is 5.32 Å². The van der Waals surface area contributed by atoms with E-state index < -0.39 is 0 Å². The minimum absolute atomic E-state index is 0.315. The number of aliphatic hydroxyl groups is 1. The van der Waals surface area contributed by atoms with Gasteiger partial charge in [-0.2, -0.15) is 0 Å². The highest BCUT2D eigenvalue weighted by Crippen LogP contribution is 2.23. The van der Waals surface area contributed by atoms with Crippen LogP contribution in [0.5, 0.6) is 0 Å². The third-order valence-electron chi connectivity index (χ3n) is 3.49. The monoisotopic (exact) mass is 199 g/mol. The third kappa shape index (κ3) is 3.97. The summed E-state index contributed by atoms with van der Waals surface area (Å²) in [5.74, 6) is 1.91. The van der Waals surface area contributed by atoms with Crippen LogP contribution in [0.15, 0.2) is 0 Å². The fourth-order valence-electron chi connectivity index (χ4n) is 2.20. The van der Waals surface area contributed by atoms with Crippen LogP contribution in [-0.2, 0) is 0 Å². The van der Waals surface area contributed by atoms with Crippen LogP contribution in [0.4, 0.5) is 0 Å². The molecule has 0 aromatic heterocycles. The van der Waals surface area contributed by atoms with Crippen molar-refractivity contribution in [3.63, 3.8) is 0 Å². The van der Waals surface area contributed by atoms with Gasteiger partial charge in [-0.05, 0) is 37.1 Å². The third-order valence-corrected chi connectivity index (χ3v) is 3.49. The Bertz CT molecular complexity index is 141. The molecular formula is C12H25NO. The largest absolute Gasteiger partial charge is 0.396 e. The highest BCUT2D eigenvalue weighted by molar-refractivity contribution is 4.71. The Morgan fingerprint density at radius 1 is 1.29 bits per heavy atom. The van der Waals surface area contributed by atoms with Gasteiger partial charge in [0.2, 0.25) is 0 Å². The zero-order valence-corrected chi connectivity index (χ0v) is 9.63. The summed E-state index contributed by atoms with van der Waals surface area (Å²) in [7, 11) is 0. The molecule has 0 bridgehead atoms. The quantitative estimate of drug-likeness (QED) is 0.686. The molecule has 0 saturated heterocycles. The van der Waals surface area contributed by atoms with E-state index in [1.807, 2.05) is 0 Å². The minimum Gasteiger partial charge on any atom is -0.396 e. The molecule has 0 aromatic carbocycles. The molecule has 14 heavy (non-hydrogen) atoms. The maximum Gasteiger partial charge on any atom is 0.0473 e. The number of aliphatic hydroxyl groups excluding tert-OH is 1. The lowest BCUT2D eigenvalue weighted by Gasteiger charge is -2.20. The van der Waals surface area contributed by atoms with Crippen LogP contribution in [0, 0.1) is 17.8 Å². The fourth-order valence-corrected chi connectivity index (χ4v) is 2.20. The Kier molecular flexibility index (Phi) is 5.49. The van der Waals surface area contributed by atoms with Crippen molar-refractivity contribution >= 4 is 0 Å². The molecule has 0 heterocycles. The van der Waals surface area contributed by atoms with Gasteiger partial charge in [0.05, 0.1) is 0 Å². The van der Waals surface area contributed by atoms with Gasteiger partial charge in [-0.15, -0.1) is 0 Å². The van der Waals surface area contributed by atoms with E-state index in [0.717, 1.165) is 19.0 Å². The van der Waals surface area contributed by atoms with Gasteiger partial charge in [-0.25, -0.2) is 0 Å². The molecule has 2 N–H and O–H groups in total. The molecule has 1 saturated carbocycles. The molecule has 1 atom stereocenters. The van der Waals surface area contributed by atoms with Crippen molar-refractivity contribution in [1.82, 2.24) is 5.32 Å². The molecule has 2 nitrogen and oxygen atoms in total. The van der Waals surface area contributed by atoms with Gasteiger partial charge in [-0.1, -0.05) is 26.7 Å². The number of nitrogens with one attached hydrogen (secondary N) is 1. The van der Waals surface area contributed by atoms with Crippen molar-refractivity contribution in [1.29, 1.82) is 0 Å². The van der Waals surface area contributed by atoms with Gasteiger partial charge in [0.15, 0.2) is 0 Å². The summed E-state index contributed by atoms with van der Waals surface area (Å²) in [6.45, 7) is 6.81. The van der Waals surface area contributed by atoms with Gasteiger partial charge in [-0.3, -0.25) is 0 Å². The average molecular weight is 199 g/mol. The molecule has 0 spiro atoms. The van der Waals surface area contributed by atoms with Crippen LogP contribution in [0.25, 0.3) is 0 Å². The van der Waals surface area contributed by atoms with Crippen LogP contribution in [0.2, 0.25) is 0 Å². The molecule has 1 aliphatic carbocycles. The summed E-state index contributed by atoms with van der Waals surface area (Å²) >= 11 is 0. The second-order valence-electron chi connectivity index (χ2n) is 5.00. The summed E-state index contributed by atoms with van der Waals surface area (Å²) in [6, 6.07) is 0. The second kappa shape index (κ2) is 6.41. The lowest BCUT2D eigenvalue weighted by molar-refractivity contribution is 0.185. The van der Waals surface area contributed by atoms with Crippen molar-refractivity contribution in [2.24, 2.45) is 17.8 Å². The predicted molar refractivity (Wildman–Crippen MR) is 60.2 cm³/mol. The van der Waals surface area contributed by atoms with E-state index in [-0.39, 0.29) is 0 Å². The van der Waals surface area contributed by atoms with Gasteiger partial charge in [0, 0.05) is 13.2 Å². The van der Waals surface area contributed by atoms with E-state index in [9.17, 15) is 0 Å². The second-order valence-corrected chi connectivity index (χ2v) is 5.00. The topological polar surface area (TPSA) is 32.3 Å². The summed E-state index contributed by atoms with van der Waals surface area (Å²) in [4.78, 5) is 0. The van der Waals surface area contributed by atoms with Crippen LogP contribution in [0.1, 0.15) is 39.5 Å². The SMILES string of the molecule is CC(C)C(CO)CNCC1CCCC1. The molecule has 84 valence electrons. The first-order valence-corrected chi connectivity index (χ1v) is 6.05. The summed E-state index contributed by atoms with van der Waals surface area (Å²) in [5.41, 5.74) is 0. The predicted octanol–water partition coefficient (Wildman–Crippen LogP) is 2.03. The Balaban J connectivity index is 2.06. The van der Waals surface area contributed by atoms with E-state index >= 15 is 0 Å². The molecule has 0 amide bonds. The Hall–Kier alpha value is -0.0800. The van der Waals surface area contributed by atoms with Crippen molar-refractivity contribution in [2.75, 3.05) is 19.7 Å². The molecule has 1 aliphatic rings. The van der Waals surface area contributed by atoms with Gasteiger partial charge < -0.3 is 10.4 Å². The molecule has 1 unspecified atom stereocenters. The summed E-state index contributed by atoms with van der Waals surface area (Å²) in [6.07, 6.45) is 5.64. The highest BCUT2D eigenvalue weighted by atomic mass is 16.3.